The Labute approximate surface area is 217 Å². The summed E-state index contributed by atoms with van der Waals surface area (Å²) >= 11 is 1.79. The molecule has 4 amide bonds. The largest absolute Gasteiger partial charge is 0.372 e. The second-order valence-electron chi connectivity index (χ2n) is 8.28. The molecule has 12 heteroatoms. The van der Waals surface area contributed by atoms with Gasteiger partial charge >= 0.3 is 18.4 Å². The monoisotopic (exact) mass is 537 g/mol. The molecule has 2 aromatic carbocycles. The first-order chi connectivity index (χ1) is 17.7. The first kappa shape index (κ1) is 28.2. The third-order valence-corrected chi connectivity index (χ3v) is 7.23. The van der Waals surface area contributed by atoms with Crippen LogP contribution in [0, 0.1) is 5.82 Å². The Hall–Kier alpha value is -3.41. The molecule has 1 heterocycles. The Balaban J connectivity index is 1.54. The smallest absolute Gasteiger partial charge is 0.317 e. The minimum atomic E-state index is -3.30. The fraction of sp³-hybridized carbons (Fsp3) is 0.400. The molecule has 0 radical (unpaired) electrons. The standard InChI is InChI=1S/C25H30F3N5O3S/c1-3-32(4-2)19-9-7-16(8-10-19)21-15-33(11-12-37-21)25(36)29-14-18-6-5-17(13-20(18)26)23(34)30-31-24(35)22(27)28/h5-10,13,21-22H,3-4,11-12,14-15H2,1-2H3,(H,29,36)(H,30,34)(H,31,35). The van der Waals surface area contributed by atoms with Gasteiger partial charge in [-0.3, -0.25) is 20.4 Å². The number of hydrazine groups is 1. The van der Waals surface area contributed by atoms with Gasteiger partial charge in [-0.1, -0.05) is 18.2 Å². The van der Waals surface area contributed by atoms with Gasteiger partial charge in [0.25, 0.3) is 5.91 Å². The van der Waals surface area contributed by atoms with Crippen LogP contribution in [0.4, 0.5) is 23.7 Å². The lowest BCUT2D eigenvalue weighted by atomic mass is 10.1. The predicted octanol–water partition coefficient (Wildman–Crippen LogP) is 3.70. The van der Waals surface area contributed by atoms with E-state index < -0.39 is 24.1 Å². The first-order valence-corrected chi connectivity index (χ1v) is 12.9. The molecular weight excluding hydrogens is 507 g/mol. The maximum Gasteiger partial charge on any atom is 0.317 e. The van der Waals surface area contributed by atoms with E-state index in [1.165, 1.54) is 12.1 Å². The van der Waals surface area contributed by atoms with Gasteiger partial charge in [-0.05, 0) is 43.7 Å². The zero-order chi connectivity index (χ0) is 26.9. The van der Waals surface area contributed by atoms with E-state index >= 15 is 0 Å². The van der Waals surface area contributed by atoms with Crippen LogP contribution < -0.4 is 21.1 Å². The van der Waals surface area contributed by atoms with Crippen LogP contribution in [0.25, 0.3) is 0 Å². The number of anilines is 1. The van der Waals surface area contributed by atoms with Crippen molar-refractivity contribution in [2.75, 3.05) is 36.8 Å². The fourth-order valence-electron chi connectivity index (χ4n) is 3.88. The van der Waals surface area contributed by atoms with Crippen LogP contribution in [0.2, 0.25) is 0 Å². The van der Waals surface area contributed by atoms with Gasteiger partial charge in [0.05, 0.1) is 0 Å². The van der Waals surface area contributed by atoms with E-state index in [1.807, 2.05) is 0 Å². The Kier molecular flexibility index (Phi) is 10.1. The summed E-state index contributed by atoms with van der Waals surface area (Å²) in [5, 5.41) is 2.84. The van der Waals surface area contributed by atoms with E-state index in [4.69, 9.17) is 0 Å². The second-order valence-corrected chi connectivity index (χ2v) is 9.59. The highest BCUT2D eigenvalue weighted by molar-refractivity contribution is 7.99. The molecule has 1 fully saturated rings. The number of rotatable bonds is 8. The van der Waals surface area contributed by atoms with Crippen LogP contribution >= 0.6 is 11.8 Å². The van der Waals surface area contributed by atoms with Crippen LogP contribution in [0.1, 0.15) is 40.6 Å². The van der Waals surface area contributed by atoms with Crippen molar-refractivity contribution in [2.24, 2.45) is 0 Å². The molecule has 0 bridgehead atoms. The minimum Gasteiger partial charge on any atom is -0.372 e. The summed E-state index contributed by atoms with van der Waals surface area (Å²) in [4.78, 5) is 39.5. The molecule has 2 aromatic rings. The first-order valence-electron chi connectivity index (χ1n) is 11.9. The molecule has 37 heavy (non-hydrogen) atoms. The number of carbonyl (C=O) groups excluding carboxylic acids is 3. The van der Waals surface area contributed by atoms with Gasteiger partial charge in [0.15, 0.2) is 0 Å². The van der Waals surface area contributed by atoms with Crippen molar-refractivity contribution >= 4 is 35.3 Å². The van der Waals surface area contributed by atoms with Crippen LogP contribution in [-0.2, 0) is 11.3 Å². The Morgan fingerprint density at radius 3 is 2.41 bits per heavy atom. The average Bonchev–Trinajstić information content (AvgIpc) is 2.91. The van der Waals surface area contributed by atoms with Crippen LogP contribution in [0.3, 0.4) is 0 Å². The summed E-state index contributed by atoms with van der Waals surface area (Å²) in [6, 6.07) is 11.6. The number of alkyl halides is 2. The third kappa shape index (κ3) is 7.54. The number of urea groups is 1. The summed E-state index contributed by atoms with van der Waals surface area (Å²) in [7, 11) is 0. The van der Waals surface area contributed by atoms with Crippen LogP contribution in [-0.4, -0.2) is 61.1 Å². The zero-order valence-electron chi connectivity index (χ0n) is 20.6. The number of nitrogens with one attached hydrogen (secondary N) is 3. The maximum atomic E-state index is 14.5. The molecule has 1 unspecified atom stereocenters. The number of carbonyl (C=O) groups is 3. The highest BCUT2D eigenvalue weighted by atomic mass is 32.2. The number of thioether (sulfide) groups is 1. The van der Waals surface area contributed by atoms with Gasteiger partial charge in [0, 0.05) is 60.5 Å². The molecule has 200 valence electrons. The molecule has 3 rings (SSSR count). The Morgan fingerprint density at radius 1 is 1.08 bits per heavy atom. The van der Waals surface area contributed by atoms with E-state index in [2.05, 4.69) is 48.3 Å². The quantitative estimate of drug-likeness (QED) is 0.447. The number of benzene rings is 2. The Bertz CT molecular complexity index is 1100. The van der Waals surface area contributed by atoms with Crippen LogP contribution in [0.5, 0.6) is 0 Å². The minimum absolute atomic E-state index is 0.0957. The molecule has 1 atom stereocenters. The molecular formula is C25H30F3N5O3S. The van der Waals surface area contributed by atoms with E-state index in [9.17, 15) is 27.6 Å². The number of hydrogen-bond acceptors (Lipinski definition) is 5. The third-order valence-electron chi connectivity index (χ3n) is 5.99. The fourth-order valence-corrected chi connectivity index (χ4v) is 5.13. The summed E-state index contributed by atoms with van der Waals surface area (Å²) in [5.41, 5.74) is 5.60. The van der Waals surface area contributed by atoms with Crippen molar-refractivity contribution in [1.82, 2.24) is 21.1 Å². The lowest BCUT2D eigenvalue weighted by Gasteiger charge is -2.33. The van der Waals surface area contributed by atoms with Gasteiger partial charge in [0.1, 0.15) is 5.82 Å². The summed E-state index contributed by atoms with van der Waals surface area (Å²) < 4.78 is 38.9. The van der Waals surface area contributed by atoms with Crippen molar-refractivity contribution in [3.05, 3.63) is 65.0 Å². The molecule has 0 spiro atoms. The van der Waals surface area contributed by atoms with Gasteiger partial charge in [-0.25, -0.2) is 9.18 Å². The molecule has 1 aliphatic rings. The average molecular weight is 538 g/mol. The molecule has 1 aliphatic heterocycles. The van der Waals surface area contributed by atoms with Crippen molar-refractivity contribution in [2.45, 2.75) is 32.1 Å². The summed E-state index contributed by atoms with van der Waals surface area (Å²) in [6.45, 7) is 7.08. The molecule has 3 N–H and O–H groups in total. The molecule has 1 saturated heterocycles. The second kappa shape index (κ2) is 13.2. The Morgan fingerprint density at radius 2 is 1.78 bits per heavy atom. The topological polar surface area (TPSA) is 93.8 Å². The van der Waals surface area contributed by atoms with Gasteiger partial charge < -0.3 is 15.1 Å². The van der Waals surface area contributed by atoms with E-state index in [1.54, 1.807) is 27.5 Å². The maximum absolute atomic E-state index is 14.5. The SMILES string of the molecule is CCN(CC)c1ccc(C2CN(C(=O)NCc3ccc(C(=O)NNC(=O)C(F)F)cc3F)CCS2)cc1. The summed E-state index contributed by atoms with van der Waals surface area (Å²) in [6.07, 6.45) is -3.30. The van der Waals surface area contributed by atoms with Crippen molar-refractivity contribution in [3.63, 3.8) is 0 Å². The number of halogens is 3. The number of nitrogens with zero attached hydrogens (tertiary/aromatic N) is 2. The lowest BCUT2D eigenvalue weighted by molar-refractivity contribution is -0.132. The normalized spacial score (nSPS) is 15.3. The van der Waals surface area contributed by atoms with Crippen molar-refractivity contribution in [1.29, 1.82) is 0 Å². The molecule has 0 saturated carbocycles. The highest BCUT2D eigenvalue weighted by Crippen LogP contribution is 2.34. The number of amides is 4. The predicted molar refractivity (Wildman–Crippen MR) is 137 cm³/mol. The van der Waals surface area contributed by atoms with Crippen molar-refractivity contribution in [3.8, 4) is 0 Å². The molecule has 8 nitrogen and oxygen atoms in total. The van der Waals surface area contributed by atoms with Gasteiger partial charge in [-0.2, -0.15) is 20.5 Å². The molecule has 0 aromatic heterocycles. The lowest BCUT2D eigenvalue weighted by Crippen LogP contribution is -2.45. The van der Waals surface area contributed by atoms with E-state index in [0.717, 1.165) is 36.2 Å². The van der Waals surface area contributed by atoms with Crippen LogP contribution in [0.15, 0.2) is 42.5 Å². The van der Waals surface area contributed by atoms with E-state index in [-0.39, 0.29) is 29.0 Å². The van der Waals surface area contributed by atoms with Crippen molar-refractivity contribution < 1.29 is 27.6 Å². The zero-order valence-corrected chi connectivity index (χ0v) is 21.4. The van der Waals surface area contributed by atoms with E-state index in [0.29, 0.717) is 13.1 Å². The molecule has 0 aliphatic carbocycles. The highest BCUT2D eigenvalue weighted by Gasteiger charge is 2.25. The van der Waals surface area contributed by atoms with Gasteiger partial charge in [0.2, 0.25) is 0 Å². The number of hydrogen-bond donors (Lipinski definition) is 3. The summed E-state index contributed by atoms with van der Waals surface area (Å²) in [5.74, 6) is -2.61. The van der Waals surface area contributed by atoms with Gasteiger partial charge in [-0.15, -0.1) is 0 Å².